The van der Waals surface area contributed by atoms with Gasteiger partial charge in [0.2, 0.25) is 6.79 Å². The highest BCUT2D eigenvalue weighted by Crippen LogP contribution is 2.32. The third-order valence-corrected chi connectivity index (χ3v) is 5.20. The monoisotopic (exact) mass is 314 g/mol. The first-order valence-corrected chi connectivity index (χ1v) is 8.85. The predicted octanol–water partition coefficient (Wildman–Crippen LogP) is 2.89. The van der Waals surface area contributed by atoms with E-state index < -0.39 is 0 Å². The van der Waals surface area contributed by atoms with Crippen molar-refractivity contribution < 1.29 is 9.47 Å². The van der Waals surface area contributed by atoms with Crippen LogP contribution in [0.3, 0.4) is 0 Å². The molecule has 0 aromatic heterocycles. The van der Waals surface area contributed by atoms with E-state index in [1.165, 1.54) is 44.5 Å². The smallest absolute Gasteiger partial charge is 0.231 e. The molecule has 4 nitrogen and oxygen atoms in total. The zero-order valence-electron chi connectivity index (χ0n) is 13.7. The Hall–Kier alpha value is -1.52. The molecule has 1 atom stereocenters. The molecule has 1 aromatic rings. The molecule has 0 saturated carbocycles. The van der Waals surface area contributed by atoms with Crippen molar-refractivity contribution in [3.8, 4) is 11.5 Å². The largest absolute Gasteiger partial charge is 0.454 e. The number of rotatable bonds is 4. The van der Waals surface area contributed by atoms with Gasteiger partial charge in [0.1, 0.15) is 0 Å². The molecule has 4 heteroatoms. The van der Waals surface area contributed by atoms with Gasteiger partial charge in [-0.05, 0) is 42.9 Å². The van der Waals surface area contributed by atoms with Crippen LogP contribution in [-0.4, -0.2) is 49.3 Å². The van der Waals surface area contributed by atoms with Gasteiger partial charge in [0.25, 0.3) is 0 Å². The maximum absolute atomic E-state index is 5.48. The van der Waals surface area contributed by atoms with E-state index in [1.54, 1.807) is 0 Å². The van der Waals surface area contributed by atoms with Gasteiger partial charge in [-0.3, -0.25) is 4.90 Å². The van der Waals surface area contributed by atoms with Crippen molar-refractivity contribution in [1.82, 2.24) is 9.80 Å². The Morgan fingerprint density at radius 2 is 1.78 bits per heavy atom. The van der Waals surface area contributed by atoms with Gasteiger partial charge >= 0.3 is 0 Å². The molecular formula is C19H26N2O2. The predicted molar refractivity (Wildman–Crippen MR) is 90.8 cm³/mol. The molecule has 1 fully saturated rings. The lowest BCUT2D eigenvalue weighted by atomic mass is 9.94. The number of piperazine rings is 1. The third-order valence-electron chi connectivity index (χ3n) is 5.20. The summed E-state index contributed by atoms with van der Waals surface area (Å²) >= 11 is 0. The highest BCUT2D eigenvalue weighted by atomic mass is 16.7. The number of hydrogen-bond donors (Lipinski definition) is 0. The van der Waals surface area contributed by atoms with E-state index in [1.807, 2.05) is 6.07 Å². The number of nitrogens with zero attached hydrogens (tertiary/aromatic N) is 2. The van der Waals surface area contributed by atoms with Crippen LogP contribution >= 0.6 is 0 Å². The molecule has 3 aliphatic rings. The van der Waals surface area contributed by atoms with Crippen molar-refractivity contribution in [3.63, 3.8) is 0 Å². The van der Waals surface area contributed by atoms with Crippen LogP contribution in [-0.2, 0) is 6.54 Å². The summed E-state index contributed by atoms with van der Waals surface area (Å²) in [6, 6.07) is 6.32. The van der Waals surface area contributed by atoms with E-state index in [-0.39, 0.29) is 0 Å². The summed E-state index contributed by atoms with van der Waals surface area (Å²) in [5, 5.41) is 0. The normalized spacial score (nSPS) is 25.0. The number of ether oxygens (including phenoxy) is 2. The first-order valence-electron chi connectivity index (χ1n) is 8.85. The van der Waals surface area contributed by atoms with Gasteiger partial charge in [0.05, 0.1) is 0 Å². The number of hydrogen-bond acceptors (Lipinski definition) is 4. The Morgan fingerprint density at radius 3 is 2.61 bits per heavy atom. The topological polar surface area (TPSA) is 24.9 Å². The Morgan fingerprint density at radius 1 is 0.957 bits per heavy atom. The molecule has 2 heterocycles. The molecule has 0 amide bonds. The zero-order chi connectivity index (χ0) is 15.5. The number of benzene rings is 1. The van der Waals surface area contributed by atoms with Crippen molar-refractivity contribution in [2.45, 2.75) is 25.8 Å². The maximum atomic E-state index is 5.48. The van der Waals surface area contributed by atoms with Crippen LogP contribution in [0.25, 0.3) is 0 Å². The average Bonchev–Trinajstić information content (AvgIpc) is 3.05. The fraction of sp³-hybridized carbons (Fsp3) is 0.579. The SMILES string of the molecule is C1=CC[C@H](CN2CCN(Cc3ccc4c(c3)OCO4)CC2)CC1. The van der Waals surface area contributed by atoms with E-state index in [9.17, 15) is 0 Å². The van der Waals surface area contributed by atoms with Gasteiger partial charge < -0.3 is 14.4 Å². The van der Waals surface area contributed by atoms with E-state index >= 15 is 0 Å². The number of allylic oxidation sites excluding steroid dienone is 2. The second-order valence-electron chi connectivity index (χ2n) is 6.91. The second-order valence-corrected chi connectivity index (χ2v) is 6.91. The van der Waals surface area contributed by atoms with Gasteiger partial charge in [-0.1, -0.05) is 18.2 Å². The highest BCUT2D eigenvalue weighted by molar-refractivity contribution is 5.44. The summed E-state index contributed by atoms with van der Waals surface area (Å²) < 4.78 is 10.9. The number of fused-ring (bicyclic) bond motifs is 1. The molecule has 2 aliphatic heterocycles. The van der Waals surface area contributed by atoms with Crippen molar-refractivity contribution in [3.05, 3.63) is 35.9 Å². The third kappa shape index (κ3) is 3.70. The quantitative estimate of drug-likeness (QED) is 0.798. The molecule has 0 radical (unpaired) electrons. The molecule has 4 rings (SSSR count). The molecule has 0 N–H and O–H groups in total. The summed E-state index contributed by atoms with van der Waals surface area (Å²) in [4.78, 5) is 5.20. The molecule has 1 aromatic carbocycles. The highest BCUT2D eigenvalue weighted by Gasteiger charge is 2.21. The summed E-state index contributed by atoms with van der Waals surface area (Å²) in [6.07, 6.45) is 8.62. The van der Waals surface area contributed by atoms with Crippen LogP contribution < -0.4 is 9.47 Å². The fourth-order valence-corrected chi connectivity index (χ4v) is 3.81. The Balaban J connectivity index is 1.25. The molecule has 23 heavy (non-hydrogen) atoms. The molecule has 0 unspecified atom stereocenters. The van der Waals surface area contributed by atoms with E-state index in [0.29, 0.717) is 6.79 Å². The van der Waals surface area contributed by atoms with Gasteiger partial charge in [-0.15, -0.1) is 0 Å². The van der Waals surface area contributed by atoms with E-state index in [2.05, 4.69) is 34.1 Å². The minimum atomic E-state index is 0.355. The van der Waals surface area contributed by atoms with E-state index in [0.717, 1.165) is 37.1 Å². The van der Waals surface area contributed by atoms with Crippen LogP contribution in [0.1, 0.15) is 24.8 Å². The Bertz CT molecular complexity index is 564. The van der Waals surface area contributed by atoms with Crippen LogP contribution in [0, 0.1) is 5.92 Å². The molecule has 0 spiro atoms. The lowest BCUT2D eigenvalue weighted by Gasteiger charge is -2.36. The summed E-state index contributed by atoms with van der Waals surface area (Å²) in [5.41, 5.74) is 1.32. The van der Waals surface area contributed by atoms with Gasteiger partial charge in [0.15, 0.2) is 11.5 Å². The molecule has 124 valence electrons. The van der Waals surface area contributed by atoms with Crippen molar-refractivity contribution >= 4 is 0 Å². The maximum Gasteiger partial charge on any atom is 0.231 e. The van der Waals surface area contributed by atoms with Gasteiger partial charge in [-0.2, -0.15) is 0 Å². The lowest BCUT2D eigenvalue weighted by molar-refractivity contribution is 0.111. The van der Waals surface area contributed by atoms with Crippen molar-refractivity contribution in [2.75, 3.05) is 39.5 Å². The molecule has 1 saturated heterocycles. The Labute approximate surface area is 138 Å². The lowest BCUT2D eigenvalue weighted by Crippen LogP contribution is -2.47. The minimum absolute atomic E-state index is 0.355. The molecule has 0 bridgehead atoms. The summed E-state index contributed by atoms with van der Waals surface area (Å²) in [7, 11) is 0. The van der Waals surface area contributed by atoms with Crippen LogP contribution in [0.2, 0.25) is 0 Å². The van der Waals surface area contributed by atoms with E-state index in [4.69, 9.17) is 9.47 Å². The van der Waals surface area contributed by atoms with Crippen LogP contribution in [0.5, 0.6) is 11.5 Å². The Kier molecular flexibility index (Phi) is 4.53. The first kappa shape index (κ1) is 15.0. The van der Waals surface area contributed by atoms with Crippen LogP contribution in [0.15, 0.2) is 30.4 Å². The molecule has 1 aliphatic carbocycles. The summed E-state index contributed by atoms with van der Waals surface area (Å²) in [6.45, 7) is 7.37. The van der Waals surface area contributed by atoms with Gasteiger partial charge in [-0.25, -0.2) is 0 Å². The molecular weight excluding hydrogens is 288 g/mol. The standard InChI is InChI=1S/C19H26N2O2/c1-2-4-16(5-3-1)13-20-8-10-21(11-9-20)14-17-6-7-18-19(12-17)23-15-22-18/h1-2,6-7,12,16H,3-5,8-11,13-15H2/t16-/m0/s1. The first-order chi connectivity index (χ1) is 11.4. The minimum Gasteiger partial charge on any atom is -0.454 e. The van der Waals surface area contributed by atoms with Gasteiger partial charge in [0, 0.05) is 39.3 Å². The van der Waals surface area contributed by atoms with Crippen LogP contribution in [0.4, 0.5) is 0 Å². The fourth-order valence-electron chi connectivity index (χ4n) is 3.81. The van der Waals surface area contributed by atoms with Crippen molar-refractivity contribution in [1.29, 1.82) is 0 Å². The second kappa shape index (κ2) is 6.93. The van der Waals surface area contributed by atoms with Crippen molar-refractivity contribution in [2.24, 2.45) is 5.92 Å². The summed E-state index contributed by atoms with van der Waals surface area (Å²) in [5.74, 6) is 2.65. The zero-order valence-corrected chi connectivity index (χ0v) is 13.7. The average molecular weight is 314 g/mol.